The largest absolute Gasteiger partial charge is 0.339 e. The molecule has 0 radical (unpaired) electrons. The second kappa shape index (κ2) is 5.12. The third-order valence-corrected chi connectivity index (χ3v) is 2.12. The molecular weight excluding hydrogens is 212 g/mol. The Morgan fingerprint density at radius 1 is 1.60 bits per heavy atom. The molecule has 15 heavy (non-hydrogen) atoms. The standard InChI is InChI=1S/C11H15ClN2O/c1-8(12)7-14(3)11(15)10-6-4-5-9(2)13-10/h4-6,8H,7H2,1-3H3. The zero-order valence-electron chi connectivity index (χ0n) is 9.20. The Morgan fingerprint density at radius 2 is 2.27 bits per heavy atom. The predicted molar refractivity (Wildman–Crippen MR) is 61.2 cm³/mol. The molecule has 0 aliphatic carbocycles. The second-order valence-corrected chi connectivity index (χ2v) is 4.38. The van der Waals surface area contributed by atoms with Gasteiger partial charge in [-0.25, -0.2) is 4.98 Å². The summed E-state index contributed by atoms with van der Waals surface area (Å²) in [6.45, 7) is 4.24. The van der Waals surface area contributed by atoms with Gasteiger partial charge in [0.05, 0.1) is 0 Å². The van der Waals surface area contributed by atoms with Crippen molar-refractivity contribution >= 4 is 17.5 Å². The maximum atomic E-state index is 11.8. The van der Waals surface area contributed by atoms with Crippen LogP contribution in [0.3, 0.4) is 0 Å². The van der Waals surface area contributed by atoms with E-state index in [2.05, 4.69) is 4.98 Å². The summed E-state index contributed by atoms with van der Waals surface area (Å²) >= 11 is 5.82. The topological polar surface area (TPSA) is 33.2 Å². The summed E-state index contributed by atoms with van der Waals surface area (Å²) in [4.78, 5) is 17.6. The van der Waals surface area contributed by atoms with Gasteiger partial charge in [0.1, 0.15) is 5.69 Å². The van der Waals surface area contributed by atoms with Gasteiger partial charge in [0.15, 0.2) is 0 Å². The highest BCUT2D eigenvalue weighted by atomic mass is 35.5. The Kier molecular flexibility index (Phi) is 4.09. The van der Waals surface area contributed by atoms with E-state index in [-0.39, 0.29) is 11.3 Å². The maximum absolute atomic E-state index is 11.8. The fourth-order valence-corrected chi connectivity index (χ4v) is 1.53. The molecule has 1 atom stereocenters. The maximum Gasteiger partial charge on any atom is 0.272 e. The van der Waals surface area contributed by atoms with Crippen LogP contribution in [0.15, 0.2) is 18.2 Å². The molecule has 1 aromatic heterocycles. The molecule has 1 rings (SSSR count). The monoisotopic (exact) mass is 226 g/mol. The molecule has 0 N–H and O–H groups in total. The van der Waals surface area contributed by atoms with Gasteiger partial charge >= 0.3 is 0 Å². The summed E-state index contributed by atoms with van der Waals surface area (Å²) in [6, 6.07) is 5.40. The van der Waals surface area contributed by atoms with Crippen molar-refractivity contribution in [1.29, 1.82) is 0 Å². The van der Waals surface area contributed by atoms with Crippen LogP contribution < -0.4 is 0 Å². The van der Waals surface area contributed by atoms with Crippen molar-refractivity contribution in [2.75, 3.05) is 13.6 Å². The molecule has 0 spiro atoms. The molecule has 0 aliphatic heterocycles. The molecule has 3 nitrogen and oxygen atoms in total. The van der Waals surface area contributed by atoms with Crippen LogP contribution in [0.2, 0.25) is 0 Å². The Bertz CT molecular complexity index is 352. The molecule has 1 aromatic rings. The molecule has 0 bridgehead atoms. The van der Waals surface area contributed by atoms with Gasteiger partial charge in [-0.1, -0.05) is 6.07 Å². The van der Waals surface area contributed by atoms with E-state index in [1.54, 1.807) is 18.0 Å². The van der Waals surface area contributed by atoms with Crippen LogP contribution in [-0.2, 0) is 0 Å². The molecule has 1 unspecified atom stereocenters. The SMILES string of the molecule is Cc1cccc(C(=O)N(C)CC(C)Cl)n1. The van der Waals surface area contributed by atoms with Crippen molar-refractivity contribution in [2.24, 2.45) is 0 Å². The third kappa shape index (κ3) is 3.51. The fourth-order valence-electron chi connectivity index (χ4n) is 1.32. The summed E-state index contributed by atoms with van der Waals surface area (Å²) in [6.07, 6.45) is 0. The fraction of sp³-hybridized carbons (Fsp3) is 0.455. The lowest BCUT2D eigenvalue weighted by Crippen LogP contribution is -2.31. The summed E-state index contributed by atoms with van der Waals surface area (Å²) in [5.74, 6) is -0.0915. The second-order valence-electron chi connectivity index (χ2n) is 3.63. The first kappa shape index (κ1) is 12.0. The van der Waals surface area contributed by atoms with Crippen LogP contribution in [0.5, 0.6) is 0 Å². The van der Waals surface area contributed by atoms with E-state index >= 15 is 0 Å². The van der Waals surface area contributed by atoms with E-state index in [0.717, 1.165) is 5.69 Å². The van der Waals surface area contributed by atoms with Gasteiger partial charge in [-0.15, -0.1) is 11.6 Å². The van der Waals surface area contributed by atoms with Gasteiger partial charge < -0.3 is 4.90 Å². The van der Waals surface area contributed by atoms with Crippen LogP contribution in [0.1, 0.15) is 23.1 Å². The Labute approximate surface area is 95.1 Å². The van der Waals surface area contributed by atoms with Crippen molar-refractivity contribution in [2.45, 2.75) is 19.2 Å². The number of aromatic nitrogens is 1. The van der Waals surface area contributed by atoms with Crippen molar-refractivity contribution in [3.63, 3.8) is 0 Å². The van der Waals surface area contributed by atoms with Crippen LogP contribution in [0.25, 0.3) is 0 Å². The van der Waals surface area contributed by atoms with E-state index in [0.29, 0.717) is 12.2 Å². The van der Waals surface area contributed by atoms with Gasteiger partial charge in [-0.2, -0.15) is 0 Å². The van der Waals surface area contributed by atoms with Crippen LogP contribution >= 0.6 is 11.6 Å². The zero-order chi connectivity index (χ0) is 11.4. The first-order chi connectivity index (χ1) is 7.00. The van der Waals surface area contributed by atoms with Crippen LogP contribution in [0.4, 0.5) is 0 Å². The summed E-state index contributed by atoms with van der Waals surface area (Å²) in [5, 5.41) is -0.0521. The molecule has 0 saturated carbocycles. The van der Waals surface area contributed by atoms with Crippen molar-refractivity contribution < 1.29 is 4.79 Å². The van der Waals surface area contributed by atoms with E-state index in [1.807, 2.05) is 26.0 Å². The van der Waals surface area contributed by atoms with Crippen LogP contribution in [-0.4, -0.2) is 34.8 Å². The third-order valence-electron chi connectivity index (χ3n) is 1.98. The highest BCUT2D eigenvalue weighted by Gasteiger charge is 2.14. The van der Waals surface area contributed by atoms with Gasteiger partial charge in [0.25, 0.3) is 5.91 Å². The first-order valence-corrected chi connectivity index (χ1v) is 5.27. The van der Waals surface area contributed by atoms with Crippen molar-refractivity contribution in [3.05, 3.63) is 29.6 Å². The molecule has 1 amide bonds. The number of amides is 1. The Morgan fingerprint density at radius 3 is 2.80 bits per heavy atom. The molecule has 82 valence electrons. The number of pyridine rings is 1. The number of hydrogen-bond donors (Lipinski definition) is 0. The average Bonchev–Trinajstić information content (AvgIpc) is 2.15. The van der Waals surface area contributed by atoms with Gasteiger partial charge in [0.2, 0.25) is 0 Å². The molecule has 0 aromatic carbocycles. The number of nitrogens with zero attached hydrogens (tertiary/aromatic N) is 2. The number of rotatable bonds is 3. The minimum atomic E-state index is -0.0915. The predicted octanol–water partition coefficient (Wildman–Crippen LogP) is 2.09. The smallest absolute Gasteiger partial charge is 0.272 e. The lowest BCUT2D eigenvalue weighted by molar-refractivity contribution is 0.0790. The summed E-state index contributed by atoms with van der Waals surface area (Å²) in [5.41, 5.74) is 1.31. The normalized spacial score (nSPS) is 12.3. The van der Waals surface area contributed by atoms with E-state index < -0.39 is 0 Å². The Balaban J connectivity index is 2.76. The molecule has 1 heterocycles. The van der Waals surface area contributed by atoms with Gasteiger partial charge in [-0.05, 0) is 26.0 Å². The molecule has 0 fully saturated rings. The highest BCUT2D eigenvalue weighted by Crippen LogP contribution is 2.04. The number of carbonyl (C=O) groups is 1. The number of halogens is 1. The Hall–Kier alpha value is -1.09. The molecule has 0 aliphatic rings. The minimum Gasteiger partial charge on any atom is -0.339 e. The molecular formula is C11H15ClN2O. The number of aryl methyl sites for hydroxylation is 1. The van der Waals surface area contributed by atoms with Gasteiger partial charge in [-0.3, -0.25) is 4.79 Å². The quantitative estimate of drug-likeness (QED) is 0.740. The summed E-state index contributed by atoms with van der Waals surface area (Å²) in [7, 11) is 1.73. The van der Waals surface area contributed by atoms with E-state index in [4.69, 9.17) is 11.6 Å². The van der Waals surface area contributed by atoms with E-state index in [1.165, 1.54) is 0 Å². The van der Waals surface area contributed by atoms with Crippen molar-refractivity contribution in [3.8, 4) is 0 Å². The summed E-state index contributed by atoms with van der Waals surface area (Å²) < 4.78 is 0. The number of carbonyl (C=O) groups excluding carboxylic acids is 1. The number of alkyl halides is 1. The molecule has 4 heteroatoms. The minimum absolute atomic E-state index is 0.0521. The zero-order valence-corrected chi connectivity index (χ0v) is 9.95. The van der Waals surface area contributed by atoms with E-state index in [9.17, 15) is 4.79 Å². The van der Waals surface area contributed by atoms with Crippen LogP contribution in [0, 0.1) is 6.92 Å². The highest BCUT2D eigenvalue weighted by molar-refractivity contribution is 6.20. The lowest BCUT2D eigenvalue weighted by Gasteiger charge is -2.17. The first-order valence-electron chi connectivity index (χ1n) is 4.84. The number of hydrogen-bond acceptors (Lipinski definition) is 2. The molecule has 0 saturated heterocycles. The average molecular weight is 227 g/mol. The van der Waals surface area contributed by atoms with Gasteiger partial charge in [0, 0.05) is 24.7 Å². The lowest BCUT2D eigenvalue weighted by atomic mass is 10.3. The van der Waals surface area contributed by atoms with Crippen molar-refractivity contribution in [1.82, 2.24) is 9.88 Å².